The van der Waals surface area contributed by atoms with E-state index in [9.17, 15) is 5.11 Å². The fourth-order valence-corrected chi connectivity index (χ4v) is 1.60. The van der Waals surface area contributed by atoms with Gasteiger partial charge in [-0.25, -0.2) is 0 Å². The summed E-state index contributed by atoms with van der Waals surface area (Å²) in [6.07, 6.45) is -0.592. The predicted molar refractivity (Wildman–Crippen MR) is 78.0 cm³/mol. The summed E-state index contributed by atoms with van der Waals surface area (Å²) in [5, 5.41) is 12.9. The molecular weight excluding hydrogens is 258 g/mol. The zero-order valence-electron chi connectivity index (χ0n) is 12.3. The summed E-state index contributed by atoms with van der Waals surface area (Å²) < 4.78 is 15.6. The Labute approximate surface area is 120 Å². The second-order valence-electron chi connectivity index (χ2n) is 4.44. The van der Waals surface area contributed by atoms with Crippen molar-refractivity contribution in [1.82, 2.24) is 5.32 Å². The minimum atomic E-state index is -0.592. The molecule has 20 heavy (non-hydrogen) atoms. The van der Waals surface area contributed by atoms with Crippen molar-refractivity contribution in [1.29, 1.82) is 0 Å². The van der Waals surface area contributed by atoms with Gasteiger partial charge in [0.2, 0.25) is 0 Å². The summed E-state index contributed by atoms with van der Waals surface area (Å²) in [7, 11) is 1.69. The highest BCUT2D eigenvalue weighted by molar-refractivity contribution is 5.27. The molecule has 114 valence electrons. The highest BCUT2D eigenvalue weighted by Gasteiger charge is 2.05. The second-order valence-corrected chi connectivity index (χ2v) is 4.44. The van der Waals surface area contributed by atoms with Crippen molar-refractivity contribution < 1.29 is 19.3 Å². The lowest BCUT2D eigenvalue weighted by Gasteiger charge is -2.12. The zero-order valence-corrected chi connectivity index (χ0v) is 12.3. The number of hydrogen-bond donors (Lipinski definition) is 2. The van der Waals surface area contributed by atoms with Crippen molar-refractivity contribution >= 4 is 0 Å². The Morgan fingerprint density at radius 2 is 1.95 bits per heavy atom. The lowest BCUT2D eigenvalue weighted by molar-refractivity contribution is 0.0164. The predicted octanol–water partition coefficient (Wildman–Crippen LogP) is 1.20. The number of benzene rings is 1. The van der Waals surface area contributed by atoms with Crippen LogP contribution in [-0.4, -0.2) is 51.3 Å². The topological polar surface area (TPSA) is 60.0 Å². The molecule has 2 N–H and O–H groups in total. The summed E-state index contributed by atoms with van der Waals surface area (Å²) in [5.74, 6) is 0.751. The first kappa shape index (κ1) is 16.9. The number of hydrogen-bond acceptors (Lipinski definition) is 5. The highest BCUT2D eigenvalue weighted by Crippen LogP contribution is 2.12. The molecule has 1 atom stereocenters. The summed E-state index contributed by atoms with van der Waals surface area (Å²) in [6.45, 7) is 5.38. The average Bonchev–Trinajstić information content (AvgIpc) is 2.48. The van der Waals surface area contributed by atoms with E-state index < -0.39 is 6.10 Å². The Morgan fingerprint density at radius 3 is 2.60 bits per heavy atom. The fraction of sp³-hybridized carbons (Fsp3) is 0.600. The van der Waals surface area contributed by atoms with Crippen LogP contribution in [0.3, 0.4) is 0 Å². The first-order chi connectivity index (χ1) is 9.76. The van der Waals surface area contributed by atoms with E-state index in [2.05, 4.69) is 5.32 Å². The maximum Gasteiger partial charge on any atom is 0.119 e. The smallest absolute Gasteiger partial charge is 0.119 e. The third-order valence-electron chi connectivity index (χ3n) is 2.69. The summed E-state index contributed by atoms with van der Waals surface area (Å²) in [5.41, 5.74) is 1.18. The number of aliphatic hydroxyl groups excluding tert-OH is 1. The van der Waals surface area contributed by atoms with E-state index in [1.807, 2.05) is 31.2 Å². The van der Waals surface area contributed by atoms with Gasteiger partial charge in [0.25, 0.3) is 0 Å². The zero-order chi connectivity index (χ0) is 14.6. The van der Waals surface area contributed by atoms with Gasteiger partial charge in [-0.05, 0) is 24.6 Å². The molecule has 0 saturated heterocycles. The van der Waals surface area contributed by atoms with E-state index in [0.29, 0.717) is 19.8 Å². The van der Waals surface area contributed by atoms with E-state index in [0.717, 1.165) is 18.8 Å². The maximum atomic E-state index is 9.59. The van der Waals surface area contributed by atoms with E-state index in [1.165, 1.54) is 5.56 Å². The molecule has 0 radical (unpaired) electrons. The van der Waals surface area contributed by atoms with Crippen LogP contribution >= 0.6 is 0 Å². The van der Waals surface area contributed by atoms with Crippen LogP contribution in [0.4, 0.5) is 0 Å². The second kappa shape index (κ2) is 10.6. The van der Waals surface area contributed by atoms with Crippen molar-refractivity contribution in [3.05, 3.63) is 29.8 Å². The molecule has 0 spiro atoms. The van der Waals surface area contributed by atoms with E-state index in [-0.39, 0.29) is 6.61 Å². The molecule has 0 fully saturated rings. The van der Waals surface area contributed by atoms with Gasteiger partial charge in [-0.3, -0.25) is 0 Å². The molecule has 0 bridgehead atoms. The van der Waals surface area contributed by atoms with Crippen molar-refractivity contribution in [2.24, 2.45) is 0 Å². The Balaban J connectivity index is 2.24. The normalized spacial score (nSPS) is 12.3. The van der Waals surface area contributed by atoms with Crippen LogP contribution in [0.15, 0.2) is 24.3 Å². The maximum absolute atomic E-state index is 9.59. The van der Waals surface area contributed by atoms with Crippen LogP contribution in [-0.2, 0) is 16.0 Å². The first-order valence-electron chi connectivity index (χ1n) is 6.93. The molecule has 1 aromatic carbocycles. The third kappa shape index (κ3) is 7.45. The molecule has 0 aliphatic rings. The Bertz CT molecular complexity index is 342. The molecule has 0 aliphatic heterocycles. The molecule has 0 heterocycles. The molecule has 5 nitrogen and oxygen atoms in total. The summed E-state index contributed by atoms with van der Waals surface area (Å²) in [6, 6.07) is 7.82. The van der Waals surface area contributed by atoms with Gasteiger partial charge >= 0.3 is 0 Å². The third-order valence-corrected chi connectivity index (χ3v) is 2.69. The minimum absolute atomic E-state index is 0.242. The van der Waals surface area contributed by atoms with Gasteiger partial charge in [0.15, 0.2) is 0 Å². The molecular formula is C15H25NO4. The van der Waals surface area contributed by atoms with Crippen molar-refractivity contribution in [3.63, 3.8) is 0 Å². The largest absolute Gasteiger partial charge is 0.491 e. The van der Waals surface area contributed by atoms with Gasteiger partial charge in [0, 0.05) is 26.8 Å². The van der Waals surface area contributed by atoms with Crippen LogP contribution in [0.2, 0.25) is 0 Å². The lowest BCUT2D eigenvalue weighted by Crippen LogP contribution is -2.23. The molecule has 0 aliphatic carbocycles. The van der Waals surface area contributed by atoms with E-state index in [1.54, 1.807) is 7.11 Å². The first-order valence-corrected chi connectivity index (χ1v) is 6.93. The number of rotatable bonds is 11. The van der Waals surface area contributed by atoms with Crippen LogP contribution in [0.1, 0.15) is 12.5 Å². The van der Waals surface area contributed by atoms with Crippen molar-refractivity contribution in [2.75, 3.05) is 40.1 Å². The van der Waals surface area contributed by atoms with Gasteiger partial charge in [-0.2, -0.15) is 0 Å². The molecule has 5 heteroatoms. The minimum Gasteiger partial charge on any atom is -0.491 e. The van der Waals surface area contributed by atoms with Gasteiger partial charge < -0.3 is 24.6 Å². The van der Waals surface area contributed by atoms with Crippen molar-refractivity contribution in [3.8, 4) is 5.75 Å². The monoisotopic (exact) mass is 283 g/mol. The lowest BCUT2D eigenvalue weighted by atomic mass is 10.2. The number of aliphatic hydroxyl groups is 1. The Morgan fingerprint density at radius 1 is 1.20 bits per heavy atom. The number of ether oxygens (including phenoxy) is 3. The Kier molecular flexibility index (Phi) is 8.98. The molecule has 1 aromatic rings. The number of nitrogens with one attached hydrogen (secondary N) is 1. The fourth-order valence-electron chi connectivity index (χ4n) is 1.60. The highest BCUT2D eigenvalue weighted by atomic mass is 16.5. The van der Waals surface area contributed by atoms with Crippen LogP contribution in [0.25, 0.3) is 0 Å². The molecule has 0 saturated carbocycles. The van der Waals surface area contributed by atoms with Gasteiger partial charge in [-0.15, -0.1) is 0 Å². The Hall–Kier alpha value is -1.14. The summed E-state index contributed by atoms with van der Waals surface area (Å²) in [4.78, 5) is 0. The van der Waals surface area contributed by atoms with Gasteiger partial charge in [-0.1, -0.05) is 12.1 Å². The van der Waals surface area contributed by atoms with Gasteiger partial charge in [0.05, 0.1) is 13.2 Å². The SMILES string of the molecule is CCOCC(O)COc1ccc(CNCCOC)cc1. The van der Waals surface area contributed by atoms with E-state index in [4.69, 9.17) is 14.2 Å². The van der Waals surface area contributed by atoms with E-state index >= 15 is 0 Å². The van der Waals surface area contributed by atoms with Crippen LogP contribution in [0, 0.1) is 0 Å². The number of methoxy groups -OCH3 is 1. The van der Waals surface area contributed by atoms with Gasteiger partial charge in [0.1, 0.15) is 18.5 Å². The molecule has 0 aromatic heterocycles. The van der Waals surface area contributed by atoms with Crippen LogP contribution < -0.4 is 10.1 Å². The van der Waals surface area contributed by atoms with Crippen molar-refractivity contribution in [2.45, 2.75) is 19.6 Å². The molecule has 0 amide bonds. The van der Waals surface area contributed by atoms with Crippen LogP contribution in [0.5, 0.6) is 5.75 Å². The molecule has 1 unspecified atom stereocenters. The quantitative estimate of drug-likeness (QED) is 0.598. The summed E-state index contributed by atoms with van der Waals surface area (Å²) >= 11 is 0. The standard InChI is InChI=1S/C15H25NO4/c1-3-19-11-14(17)12-20-15-6-4-13(5-7-15)10-16-8-9-18-2/h4-7,14,16-17H,3,8-12H2,1-2H3. The molecule has 1 rings (SSSR count). The average molecular weight is 283 g/mol.